The molecular formula is C20H35IN4O. The zero-order valence-corrected chi connectivity index (χ0v) is 19.0. The minimum absolute atomic E-state index is 0. The Morgan fingerprint density at radius 1 is 1.23 bits per heavy atom. The summed E-state index contributed by atoms with van der Waals surface area (Å²) in [5.41, 5.74) is 2.66. The van der Waals surface area contributed by atoms with Crippen molar-refractivity contribution in [3.8, 4) is 0 Å². The van der Waals surface area contributed by atoms with E-state index in [0.29, 0.717) is 12.6 Å². The molecule has 0 saturated carbocycles. The summed E-state index contributed by atoms with van der Waals surface area (Å²) < 4.78 is 5.22. The largest absolute Gasteiger partial charge is 0.383 e. The van der Waals surface area contributed by atoms with Gasteiger partial charge in [0.15, 0.2) is 5.96 Å². The number of benzene rings is 1. The van der Waals surface area contributed by atoms with Crippen LogP contribution in [0.3, 0.4) is 0 Å². The molecule has 1 aromatic rings. The van der Waals surface area contributed by atoms with Gasteiger partial charge in [-0.2, -0.15) is 0 Å². The van der Waals surface area contributed by atoms with Crippen LogP contribution in [0.4, 0.5) is 0 Å². The summed E-state index contributed by atoms with van der Waals surface area (Å²) in [5, 5.41) is 6.76. The standard InChI is InChI=1S/C20H34N4O.HI/c1-5-21-20(23-17(3)15-25-4)22-14-19(24-12-6-7-13-24)18-10-8-16(2)9-11-18;/h8-11,17,19H,5-7,12-15H2,1-4H3,(H2,21,22,23);1H. The fourth-order valence-corrected chi connectivity index (χ4v) is 3.30. The Kier molecular flexibility index (Phi) is 11.2. The van der Waals surface area contributed by atoms with Gasteiger partial charge in [-0.05, 0) is 52.3 Å². The van der Waals surface area contributed by atoms with Crippen LogP contribution in [0.5, 0.6) is 0 Å². The molecule has 0 bridgehead atoms. The van der Waals surface area contributed by atoms with E-state index in [0.717, 1.165) is 32.1 Å². The second-order valence-corrected chi connectivity index (χ2v) is 6.89. The fraction of sp³-hybridized carbons (Fsp3) is 0.650. The number of nitrogens with zero attached hydrogens (tertiary/aromatic N) is 2. The van der Waals surface area contributed by atoms with Gasteiger partial charge in [0, 0.05) is 19.7 Å². The summed E-state index contributed by atoms with van der Waals surface area (Å²) in [6, 6.07) is 9.48. The molecule has 148 valence electrons. The molecule has 0 spiro atoms. The van der Waals surface area contributed by atoms with Crippen LogP contribution in [-0.2, 0) is 4.74 Å². The molecule has 0 aromatic heterocycles. The van der Waals surface area contributed by atoms with Crippen molar-refractivity contribution in [3.05, 3.63) is 35.4 Å². The molecule has 0 aliphatic carbocycles. The van der Waals surface area contributed by atoms with Crippen LogP contribution in [-0.4, -0.2) is 56.8 Å². The van der Waals surface area contributed by atoms with Gasteiger partial charge in [-0.15, -0.1) is 24.0 Å². The van der Waals surface area contributed by atoms with E-state index in [-0.39, 0.29) is 30.0 Å². The number of methoxy groups -OCH3 is 1. The molecule has 1 saturated heterocycles. The highest BCUT2D eigenvalue weighted by atomic mass is 127. The van der Waals surface area contributed by atoms with E-state index in [2.05, 4.69) is 60.6 Å². The number of nitrogens with one attached hydrogen (secondary N) is 2. The van der Waals surface area contributed by atoms with E-state index in [1.54, 1.807) is 7.11 Å². The number of guanidine groups is 1. The molecular weight excluding hydrogens is 439 g/mol. The van der Waals surface area contributed by atoms with Crippen molar-refractivity contribution in [2.75, 3.05) is 39.9 Å². The molecule has 2 atom stereocenters. The van der Waals surface area contributed by atoms with Gasteiger partial charge in [0.2, 0.25) is 0 Å². The quantitative estimate of drug-likeness (QED) is 0.345. The predicted octanol–water partition coefficient (Wildman–Crippen LogP) is 3.34. The van der Waals surface area contributed by atoms with E-state index in [1.807, 2.05) is 0 Å². The van der Waals surface area contributed by atoms with Gasteiger partial charge in [0.1, 0.15) is 0 Å². The Morgan fingerprint density at radius 3 is 2.46 bits per heavy atom. The van der Waals surface area contributed by atoms with Crippen molar-refractivity contribution in [1.82, 2.24) is 15.5 Å². The lowest BCUT2D eigenvalue weighted by Crippen LogP contribution is -2.44. The molecule has 1 aromatic carbocycles. The number of ether oxygens (including phenoxy) is 1. The average molecular weight is 474 g/mol. The van der Waals surface area contributed by atoms with Crippen LogP contribution < -0.4 is 10.6 Å². The third-order valence-corrected chi connectivity index (χ3v) is 4.61. The summed E-state index contributed by atoms with van der Waals surface area (Å²) in [5.74, 6) is 0.864. The topological polar surface area (TPSA) is 48.9 Å². The molecule has 2 rings (SSSR count). The van der Waals surface area contributed by atoms with Crippen molar-refractivity contribution >= 4 is 29.9 Å². The lowest BCUT2D eigenvalue weighted by atomic mass is 10.0. The van der Waals surface area contributed by atoms with E-state index in [4.69, 9.17) is 9.73 Å². The SMILES string of the molecule is CCNC(=NCC(c1ccc(C)cc1)N1CCCC1)NC(C)COC.I. The molecule has 6 heteroatoms. The molecule has 1 heterocycles. The third-order valence-electron chi connectivity index (χ3n) is 4.61. The molecule has 0 amide bonds. The lowest BCUT2D eigenvalue weighted by Gasteiger charge is -2.27. The first-order valence-corrected chi connectivity index (χ1v) is 9.48. The molecule has 1 fully saturated rings. The number of rotatable bonds is 8. The molecule has 1 aliphatic heterocycles. The second-order valence-electron chi connectivity index (χ2n) is 6.89. The van der Waals surface area contributed by atoms with Gasteiger partial charge in [-0.25, -0.2) is 0 Å². The zero-order chi connectivity index (χ0) is 18.1. The van der Waals surface area contributed by atoms with Crippen LogP contribution in [0.1, 0.15) is 43.9 Å². The molecule has 2 N–H and O–H groups in total. The van der Waals surface area contributed by atoms with Gasteiger partial charge in [0.25, 0.3) is 0 Å². The number of aryl methyl sites for hydroxylation is 1. The first-order valence-electron chi connectivity index (χ1n) is 9.48. The highest BCUT2D eigenvalue weighted by molar-refractivity contribution is 14.0. The van der Waals surface area contributed by atoms with E-state index in [1.165, 1.54) is 24.0 Å². The van der Waals surface area contributed by atoms with Crippen LogP contribution >= 0.6 is 24.0 Å². The van der Waals surface area contributed by atoms with Crippen molar-refractivity contribution in [2.24, 2.45) is 4.99 Å². The smallest absolute Gasteiger partial charge is 0.191 e. The number of hydrogen-bond donors (Lipinski definition) is 2. The third kappa shape index (κ3) is 7.40. The Balaban J connectivity index is 0.00000338. The van der Waals surface area contributed by atoms with E-state index >= 15 is 0 Å². The van der Waals surface area contributed by atoms with Gasteiger partial charge in [0.05, 0.1) is 19.2 Å². The maximum Gasteiger partial charge on any atom is 0.191 e. The summed E-state index contributed by atoms with van der Waals surface area (Å²) in [4.78, 5) is 7.44. The van der Waals surface area contributed by atoms with E-state index in [9.17, 15) is 0 Å². The van der Waals surface area contributed by atoms with Crippen molar-refractivity contribution < 1.29 is 4.74 Å². The van der Waals surface area contributed by atoms with Crippen LogP contribution in [0.25, 0.3) is 0 Å². The first kappa shape index (κ1) is 23.2. The minimum Gasteiger partial charge on any atom is -0.383 e. The minimum atomic E-state index is 0. The molecule has 5 nitrogen and oxygen atoms in total. The number of likely N-dealkylation sites (tertiary alicyclic amines) is 1. The van der Waals surface area contributed by atoms with Gasteiger partial charge < -0.3 is 15.4 Å². The zero-order valence-electron chi connectivity index (χ0n) is 16.6. The second kappa shape index (κ2) is 12.5. The normalized spacial score (nSPS) is 17.5. The van der Waals surface area contributed by atoms with Crippen molar-refractivity contribution in [2.45, 2.75) is 45.7 Å². The Hall–Kier alpha value is -0.860. The Morgan fingerprint density at radius 2 is 1.88 bits per heavy atom. The molecule has 2 unspecified atom stereocenters. The summed E-state index contributed by atoms with van der Waals surface area (Å²) in [6.07, 6.45) is 2.57. The molecule has 0 radical (unpaired) electrons. The molecule has 1 aliphatic rings. The van der Waals surface area contributed by atoms with Crippen molar-refractivity contribution in [1.29, 1.82) is 0 Å². The van der Waals surface area contributed by atoms with Gasteiger partial charge in [-0.3, -0.25) is 9.89 Å². The van der Waals surface area contributed by atoms with Crippen LogP contribution in [0.2, 0.25) is 0 Å². The van der Waals surface area contributed by atoms with Crippen LogP contribution in [0, 0.1) is 6.92 Å². The highest BCUT2D eigenvalue weighted by Gasteiger charge is 2.23. The van der Waals surface area contributed by atoms with Crippen LogP contribution in [0.15, 0.2) is 29.3 Å². The Labute approximate surface area is 176 Å². The number of hydrogen-bond acceptors (Lipinski definition) is 3. The average Bonchev–Trinajstić information content (AvgIpc) is 3.11. The van der Waals surface area contributed by atoms with E-state index < -0.39 is 0 Å². The van der Waals surface area contributed by atoms with Gasteiger partial charge >= 0.3 is 0 Å². The molecule has 26 heavy (non-hydrogen) atoms. The maximum absolute atomic E-state index is 5.22. The number of halogens is 1. The lowest BCUT2D eigenvalue weighted by molar-refractivity contribution is 0.179. The monoisotopic (exact) mass is 474 g/mol. The summed E-state index contributed by atoms with van der Waals surface area (Å²) >= 11 is 0. The highest BCUT2D eigenvalue weighted by Crippen LogP contribution is 2.25. The summed E-state index contributed by atoms with van der Waals surface area (Å²) in [7, 11) is 1.73. The Bertz CT molecular complexity index is 529. The predicted molar refractivity (Wildman–Crippen MR) is 121 cm³/mol. The van der Waals surface area contributed by atoms with Crippen molar-refractivity contribution in [3.63, 3.8) is 0 Å². The number of aliphatic imine (C=N–C) groups is 1. The summed E-state index contributed by atoms with van der Waals surface area (Å²) in [6.45, 7) is 10.9. The maximum atomic E-state index is 5.22. The first-order chi connectivity index (χ1) is 12.1. The van der Waals surface area contributed by atoms with Gasteiger partial charge in [-0.1, -0.05) is 29.8 Å². The fourth-order valence-electron chi connectivity index (χ4n) is 3.30.